The molecule has 1 fully saturated rings. The van der Waals surface area contributed by atoms with Crippen LogP contribution in [0.1, 0.15) is 31.9 Å². The second-order valence-electron chi connectivity index (χ2n) is 8.91. The van der Waals surface area contributed by atoms with E-state index in [0.29, 0.717) is 0 Å². The molecule has 1 aromatic heterocycles. The lowest BCUT2D eigenvalue weighted by Gasteiger charge is -2.34. The van der Waals surface area contributed by atoms with Gasteiger partial charge in [-0.2, -0.15) is 0 Å². The number of pyridine rings is 1. The molecule has 0 atom stereocenters. The number of fused-ring (bicyclic) bond motifs is 1. The van der Waals surface area contributed by atoms with Crippen LogP contribution in [0.15, 0.2) is 54.7 Å². The minimum Gasteiger partial charge on any atom is -0.359 e. The molecule has 0 spiro atoms. The zero-order chi connectivity index (χ0) is 19.7. The van der Waals surface area contributed by atoms with Crippen LogP contribution in [0, 0.1) is 0 Å². The third kappa shape index (κ3) is 4.16. The number of aromatic amines is 1. The van der Waals surface area contributed by atoms with Crippen molar-refractivity contribution in [1.29, 1.82) is 0 Å². The van der Waals surface area contributed by atoms with Gasteiger partial charge in [0, 0.05) is 22.7 Å². The Bertz CT molecular complexity index is 952. The molecule has 2 N–H and O–H groups in total. The van der Waals surface area contributed by atoms with Crippen LogP contribution in [-0.4, -0.2) is 26.2 Å². The molecular formula is C24H30ClN3+2. The summed E-state index contributed by atoms with van der Waals surface area (Å²) < 4.78 is 0. The quantitative estimate of drug-likeness (QED) is 0.720. The average Bonchev–Trinajstić information content (AvgIpc) is 2.68. The van der Waals surface area contributed by atoms with E-state index in [1.165, 1.54) is 22.2 Å². The van der Waals surface area contributed by atoms with E-state index in [9.17, 15) is 0 Å². The molecule has 2 heterocycles. The number of anilines is 1. The van der Waals surface area contributed by atoms with Crippen LogP contribution in [0.2, 0.25) is 5.02 Å². The summed E-state index contributed by atoms with van der Waals surface area (Å²) in [6.07, 6.45) is 2.02. The van der Waals surface area contributed by atoms with Crippen LogP contribution in [0.25, 0.3) is 10.9 Å². The smallest absolute Gasteiger partial charge is 0.214 e. The maximum atomic E-state index is 6.15. The zero-order valence-corrected chi connectivity index (χ0v) is 17.8. The summed E-state index contributed by atoms with van der Waals surface area (Å²) in [5.41, 5.74) is 5.46. The monoisotopic (exact) mass is 395 g/mol. The third-order valence-corrected chi connectivity index (χ3v) is 6.06. The molecule has 1 aliphatic heterocycles. The molecule has 1 aliphatic rings. The Morgan fingerprint density at radius 1 is 1.00 bits per heavy atom. The molecular weight excluding hydrogens is 366 g/mol. The number of nitrogens with zero attached hydrogens (tertiary/aromatic N) is 1. The Kier molecular flexibility index (Phi) is 5.31. The van der Waals surface area contributed by atoms with E-state index >= 15 is 0 Å². The molecule has 0 aliphatic carbocycles. The van der Waals surface area contributed by atoms with Gasteiger partial charge in [0.15, 0.2) is 6.20 Å². The van der Waals surface area contributed by atoms with E-state index in [0.717, 1.165) is 43.3 Å². The first-order valence-electron chi connectivity index (χ1n) is 10.2. The maximum absolute atomic E-state index is 6.15. The molecule has 3 nitrogen and oxygen atoms in total. The molecule has 28 heavy (non-hydrogen) atoms. The molecule has 4 heteroatoms. The fourth-order valence-corrected chi connectivity index (χ4v) is 4.26. The van der Waals surface area contributed by atoms with E-state index in [4.69, 9.17) is 11.6 Å². The van der Waals surface area contributed by atoms with Crippen molar-refractivity contribution in [1.82, 2.24) is 0 Å². The van der Waals surface area contributed by atoms with Gasteiger partial charge in [-0.05, 0) is 23.1 Å². The number of rotatable bonds is 3. The lowest BCUT2D eigenvalue weighted by molar-refractivity contribution is -0.914. The van der Waals surface area contributed by atoms with Gasteiger partial charge >= 0.3 is 0 Å². The minimum atomic E-state index is 0.219. The molecule has 0 bridgehead atoms. The molecule has 0 saturated carbocycles. The van der Waals surface area contributed by atoms with Crippen molar-refractivity contribution >= 4 is 28.2 Å². The molecule has 4 rings (SSSR count). The Morgan fingerprint density at radius 2 is 1.71 bits per heavy atom. The van der Waals surface area contributed by atoms with Crippen molar-refractivity contribution in [2.24, 2.45) is 0 Å². The number of halogens is 1. The summed E-state index contributed by atoms with van der Waals surface area (Å²) in [5.74, 6) is 0. The molecule has 0 amide bonds. The first-order chi connectivity index (χ1) is 13.4. The first kappa shape index (κ1) is 19.2. The lowest BCUT2D eigenvalue weighted by atomic mass is 9.87. The number of quaternary nitrogens is 1. The topological polar surface area (TPSA) is 21.8 Å². The van der Waals surface area contributed by atoms with Crippen LogP contribution < -0.4 is 14.8 Å². The lowest BCUT2D eigenvalue weighted by Crippen LogP contribution is -3.13. The summed E-state index contributed by atoms with van der Waals surface area (Å²) in [7, 11) is 0. The summed E-state index contributed by atoms with van der Waals surface area (Å²) in [5, 5.41) is 2.01. The number of hydrogen-bond acceptors (Lipinski definition) is 1. The van der Waals surface area contributed by atoms with Crippen molar-refractivity contribution in [3.63, 3.8) is 0 Å². The van der Waals surface area contributed by atoms with Gasteiger partial charge in [-0.1, -0.05) is 56.6 Å². The van der Waals surface area contributed by atoms with E-state index in [1.807, 2.05) is 18.3 Å². The summed E-state index contributed by atoms with van der Waals surface area (Å²) in [6, 6.07) is 17.5. The Hall–Kier alpha value is -2.10. The molecule has 0 radical (unpaired) electrons. The highest BCUT2D eigenvalue weighted by Gasteiger charge is 2.23. The first-order valence-corrected chi connectivity index (χ1v) is 10.6. The highest BCUT2D eigenvalue weighted by molar-refractivity contribution is 6.31. The van der Waals surface area contributed by atoms with Gasteiger partial charge in [0.2, 0.25) is 5.52 Å². The normalized spacial score (nSPS) is 15.9. The van der Waals surface area contributed by atoms with Gasteiger partial charge in [0.1, 0.15) is 6.54 Å². The number of H-pyrrole nitrogens is 1. The average molecular weight is 396 g/mol. The molecule has 2 aromatic carbocycles. The van der Waals surface area contributed by atoms with Crippen molar-refractivity contribution < 1.29 is 9.88 Å². The Balaban J connectivity index is 1.41. The standard InChI is InChI=1S/C24H28ClN3/c1-24(2,3)19-6-4-18(5-7-19)17-27-12-14-28(15-13-27)23-10-11-26-22-16-20(25)8-9-21(22)23/h4-11,16H,12-15,17H2,1-3H3/p+2. The highest BCUT2D eigenvalue weighted by atomic mass is 35.5. The molecule has 3 aromatic rings. The Labute approximate surface area is 172 Å². The van der Waals surface area contributed by atoms with Gasteiger partial charge in [0.25, 0.3) is 0 Å². The predicted octanol–water partition coefficient (Wildman–Crippen LogP) is 3.51. The number of nitrogens with one attached hydrogen (secondary N) is 2. The molecule has 146 valence electrons. The second kappa shape index (κ2) is 7.73. The summed E-state index contributed by atoms with van der Waals surface area (Å²) in [4.78, 5) is 7.48. The highest BCUT2D eigenvalue weighted by Crippen LogP contribution is 2.26. The van der Waals surface area contributed by atoms with Gasteiger partial charge < -0.3 is 9.80 Å². The van der Waals surface area contributed by atoms with Crippen molar-refractivity contribution in [3.8, 4) is 0 Å². The van der Waals surface area contributed by atoms with Crippen molar-refractivity contribution in [2.45, 2.75) is 32.7 Å². The van der Waals surface area contributed by atoms with Gasteiger partial charge in [-0.3, -0.25) is 0 Å². The predicted molar refractivity (Wildman–Crippen MR) is 117 cm³/mol. The molecule has 0 unspecified atom stereocenters. The maximum Gasteiger partial charge on any atom is 0.214 e. The van der Waals surface area contributed by atoms with Gasteiger partial charge in [-0.25, -0.2) is 4.98 Å². The summed E-state index contributed by atoms with van der Waals surface area (Å²) >= 11 is 6.15. The van der Waals surface area contributed by atoms with Crippen LogP contribution >= 0.6 is 11.6 Å². The number of hydrogen-bond donors (Lipinski definition) is 1. The SMILES string of the molecule is CC(C)(C)c1ccc(C[NH+]2CCN(c3cc[nH+]c4cc(Cl)ccc34)CC2)cc1. The Morgan fingerprint density at radius 3 is 2.39 bits per heavy atom. The fourth-order valence-electron chi connectivity index (χ4n) is 4.09. The third-order valence-electron chi connectivity index (χ3n) is 5.82. The van der Waals surface area contributed by atoms with Crippen LogP contribution in [0.4, 0.5) is 5.69 Å². The van der Waals surface area contributed by atoms with Crippen molar-refractivity contribution in [3.05, 3.63) is 70.9 Å². The van der Waals surface area contributed by atoms with Gasteiger partial charge in [0.05, 0.1) is 37.3 Å². The van der Waals surface area contributed by atoms with E-state index in [1.54, 1.807) is 4.90 Å². The van der Waals surface area contributed by atoms with Crippen LogP contribution in [0.5, 0.6) is 0 Å². The molecule has 1 saturated heterocycles. The number of aromatic nitrogens is 1. The van der Waals surface area contributed by atoms with Crippen LogP contribution in [-0.2, 0) is 12.0 Å². The minimum absolute atomic E-state index is 0.219. The van der Waals surface area contributed by atoms with Gasteiger partial charge in [-0.15, -0.1) is 0 Å². The van der Waals surface area contributed by atoms with E-state index < -0.39 is 0 Å². The second-order valence-corrected chi connectivity index (χ2v) is 9.35. The van der Waals surface area contributed by atoms with E-state index in [-0.39, 0.29) is 5.41 Å². The fraction of sp³-hybridized carbons (Fsp3) is 0.375. The van der Waals surface area contributed by atoms with E-state index in [2.05, 4.69) is 67.1 Å². The largest absolute Gasteiger partial charge is 0.359 e. The number of piperazine rings is 1. The van der Waals surface area contributed by atoms with Crippen LogP contribution in [0.3, 0.4) is 0 Å². The van der Waals surface area contributed by atoms with Crippen molar-refractivity contribution in [2.75, 3.05) is 31.1 Å². The number of benzene rings is 2. The summed E-state index contributed by atoms with van der Waals surface area (Å²) in [6.45, 7) is 12.4. The zero-order valence-electron chi connectivity index (χ0n) is 17.1.